The molecule has 3 N–H and O–H groups in total. The van der Waals surface area contributed by atoms with E-state index in [0.29, 0.717) is 24.7 Å². The minimum atomic E-state index is -0.747. The standard InChI is InChI=1S/C23H32O4/c1-3-4-5-8-16(2)21(24)12-11-19-20-14-17(9-6-7-10-23(26)27)13-18(20)15-22(19)25/h9,16,18-22,24-25H,3,6-8,10,13-15H2,1-2H3,(H,26,27)/t16-,18-,19+,20-,21+,22+/m0/s1. The number of fused-ring (bicyclic) bond motifs is 1. The lowest BCUT2D eigenvalue weighted by atomic mass is 9.90. The zero-order chi connectivity index (χ0) is 19.8. The third-order valence-electron chi connectivity index (χ3n) is 5.74. The van der Waals surface area contributed by atoms with Gasteiger partial charge in [-0.05, 0) is 43.9 Å². The van der Waals surface area contributed by atoms with Crippen molar-refractivity contribution in [2.45, 2.75) is 77.4 Å². The fraction of sp³-hybridized carbons (Fsp3) is 0.696. The van der Waals surface area contributed by atoms with Gasteiger partial charge in [0.25, 0.3) is 0 Å². The summed E-state index contributed by atoms with van der Waals surface area (Å²) in [5.74, 6) is 12.2. The minimum absolute atomic E-state index is 0.000775. The molecule has 2 aliphatic carbocycles. The molecule has 2 rings (SSSR count). The van der Waals surface area contributed by atoms with Crippen molar-refractivity contribution < 1.29 is 20.1 Å². The van der Waals surface area contributed by atoms with Gasteiger partial charge in [0, 0.05) is 31.1 Å². The van der Waals surface area contributed by atoms with Gasteiger partial charge in [0.2, 0.25) is 0 Å². The molecule has 27 heavy (non-hydrogen) atoms. The van der Waals surface area contributed by atoms with Crippen LogP contribution in [0.25, 0.3) is 0 Å². The number of aliphatic carboxylic acids is 1. The first-order valence-electron chi connectivity index (χ1n) is 10.1. The number of carbonyl (C=O) groups is 1. The number of aliphatic hydroxyl groups excluding tert-OH is 2. The summed E-state index contributed by atoms with van der Waals surface area (Å²) < 4.78 is 0. The van der Waals surface area contributed by atoms with E-state index in [9.17, 15) is 15.0 Å². The number of unbranched alkanes of at least 4 members (excludes halogenated alkanes) is 1. The molecule has 2 saturated carbocycles. The Labute approximate surface area is 163 Å². The summed E-state index contributed by atoms with van der Waals surface area (Å²) >= 11 is 0. The molecule has 0 spiro atoms. The smallest absolute Gasteiger partial charge is 0.303 e. The monoisotopic (exact) mass is 372 g/mol. The molecular weight excluding hydrogens is 340 g/mol. The van der Waals surface area contributed by atoms with Crippen LogP contribution in [0.1, 0.15) is 65.2 Å². The number of aliphatic hydroxyl groups is 2. The van der Waals surface area contributed by atoms with Crippen molar-refractivity contribution in [3.05, 3.63) is 11.6 Å². The molecule has 4 nitrogen and oxygen atoms in total. The van der Waals surface area contributed by atoms with E-state index < -0.39 is 18.2 Å². The van der Waals surface area contributed by atoms with Gasteiger partial charge in [0.05, 0.1) is 6.10 Å². The fourth-order valence-corrected chi connectivity index (χ4v) is 4.18. The van der Waals surface area contributed by atoms with Gasteiger partial charge >= 0.3 is 5.97 Å². The molecule has 0 saturated heterocycles. The number of carboxylic acid groups (broad SMARTS) is 1. The Morgan fingerprint density at radius 1 is 1.33 bits per heavy atom. The van der Waals surface area contributed by atoms with E-state index in [1.807, 2.05) is 13.8 Å². The lowest BCUT2D eigenvalue weighted by Crippen LogP contribution is -2.19. The topological polar surface area (TPSA) is 77.8 Å². The van der Waals surface area contributed by atoms with Crippen LogP contribution in [0.15, 0.2) is 11.6 Å². The van der Waals surface area contributed by atoms with Crippen molar-refractivity contribution in [3.63, 3.8) is 0 Å². The van der Waals surface area contributed by atoms with Crippen LogP contribution >= 0.6 is 0 Å². The third kappa shape index (κ3) is 6.42. The molecule has 6 atom stereocenters. The Hall–Kier alpha value is -1.75. The summed E-state index contributed by atoms with van der Waals surface area (Å²) in [5, 5.41) is 29.4. The van der Waals surface area contributed by atoms with Gasteiger partial charge in [-0.1, -0.05) is 37.3 Å². The summed E-state index contributed by atoms with van der Waals surface area (Å²) in [6, 6.07) is 0. The van der Waals surface area contributed by atoms with Gasteiger partial charge in [-0.2, -0.15) is 0 Å². The number of allylic oxidation sites excluding steroid dienone is 2. The summed E-state index contributed by atoms with van der Waals surface area (Å²) in [6.07, 6.45) is 6.87. The van der Waals surface area contributed by atoms with Crippen molar-refractivity contribution in [2.75, 3.05) is 0 Å². The van der Waals surface area contributed by atoms with E-state index in [1.165, 1.54) is 5.57 Å². The molecule has 4 heteroatoms. The second-order valence-corrected chi connectivity index (χ2v) is 7.93. The number of rotatable bonds is 6. The van der Waals surface area contributed by atoms with Crippen LogP contribution in [-0.4, -0.2) is 33.5 Å². The lowest BCUT2D eigenvalue weighted by Gasteiger charge is -2.16. The van der Waals surface area contributed by atoms with Crippen LogP contribution in [-0.2, 0) is 4.79 Å². The molecule has 0 radical (unpaired) electrons. The Balaban J connectivity index is 1.91. The fourth-order valence-electron chi connectivity index (χ4n) is 4.18. The first-order chi connectivity index (χ1) is 12.9. The number of hydrogen-bond donors (Lipinski definition) is 3. The van der Waals surface area contributed by atoms with E-state index in [4.69, 9.17) is 5.11 Å². The first-order valence-corrected chi connectivity index (χ1v) is 10.1. The molecule has 0 unspecified atom stereocenters. The van der Waals surface area contributed by atoms with Crippen LogP contribution in [0.5, 0.6) is 0 Å². The summed E-state index contributed by atoms with van der Waals surface area (Å²) in [4.78, 5) is 10.6. The van der Waals surface area contributed by atoms with Crippen LogP contribution in [0.2, 0.25) is 0 Å². The Kier molecular flexibility index (Phi) is 8.42. The van der Waals surface area contributed by atoms with Crippen molar-refractivity contribution >= 4 is 5.97 Å². The van der Waals surface area contributed by atoms with Crippen LogP contribution in [0.3, 0.4) is 0 Å². The molecule has 0 aromatic heterocycles. The number of carboxylic acids is 1. The predicted molar refractivity (Wildman–Crippen MR) is 106 cm³/mol. The maximum atomic E-state index is 10.6. The highest BCUT2D eigenvalue weighted by atomic mass is 16.4. The SMILES string of the molecule is CCC#CC[C@H](C)[C@H](O)C#C[C@@H]1[C@H]2CC(=CCCCC(=O)O)C[C@H]2C[C@H]1O. The normalized spacial score (nSPS) is 30.0. The second-order valence-electron chi connectivity index (χ2n) is 7.93. The van der Waals surface area contributed by atoms with Crippen LogP contribution in [0.4, 0.5) is 0 Å². The molecule has 0 heterocycles. The predicted octanol–water partition coefficient (Wildman–Crippen LogP) is 3.38. The van der Waals surface area contributed by atoms with Gasteiger partial charge < -0.3 is 15.3 Å². The van der Waals surface area contributed by atoms with E-state index in [-0.39, 0.29) is 18.3 Å². The Bertz CT molecular complexity index is 657. The van der Waals surface area contributed by atoms with Gasteiger partial charge in [-0.15, -0.1) is 11.8 Å². The minimum Gasteiger partial charge on any atom is -0.481 e. The molecule has 0 aromatic rings. The Morgan fingerprint density at radius 3 is 2.81 bits per heavy atom. The maximum Gasteiger partial charge on any atom is 0.303 e. The largest absolute Gasteiger partial charge is 0.481 e. The maximum absolute atomic E-state index is 10.6. The van der Waals surface area contributed by atoms with Crippen molar-refractivity contribution in [2.24, 2.45) is 23.7 Å². The highest BCUT2D eigenvalue weighted by Crippen LogP contribution is 2.49. The molecule has 0 aromatic carbocycles. The zero-order valence-corrected chi connectivity index (χ0v) is 16.4. The quantitative estimate of drug-likeness (QED) is 0.379. The summed E-state index contributed by atoms with van der Waals surface area (Å²) in [7, 11) is 0. The molecule has 148 valence electrons. The Morgan fingerprint density at radius 2 is 2.11 bits per heavy atom. The highest BCUT2D eigenvalue weighted by Gasteiger charge is 2.45. The van der Waals surface area contributed by atoms with Crippen molar-refractivity contribution in [1.29, 1.82) is 0 Å². The van der Waals surface area contributed by atoms with E-state index >= 15 is 0 Å². The van der Waals surface area contributed by atoms with E-state index in [2.05, 4.69) is 29.8 Å². The lowest BCUT2D eigenvalue weighted by molar-refractivity contribution is -0.137. The summed E-state index contributed by atoms with van der Waals surface area (Å²) in [6.45, 7) is 3.95. The molecule has 0 aliphatic heterocycles. The molecule has 0 bridgehead atoms. The average molecular weight is 373 g/mol. The highest BCUT2D eigenvalue weighted by molar-refractivity contribution is 5.66. The van der Waals surface area contributed by atoms with Crippen molar-refractivity contribution in [3.8, 4) is 23.7 Å². The van der Waals surface area contributed by atoms with Gasteiger partial charge in [-0.25, -0.2) is 0 Å². The number of hydrogen-bond acceptors (Lipinski definition) is 3. The van der Waals surface area contributed by atoms with Crippen LogP contribution in [0, 0.1) is 47.4 Å². The van der Waals surface area contributed by atoms with Gasteiger partial charge in [0.1, 0.15) is 6.10 Å². The summed E-state index contributed by atoms with van der Waals surface area (Å²) in [5.41, 5.74) is 1.37. The first kappa shape index (κ1) is 21.5. The third-order valence-corrected chi connectivity index (χ3v) is 5.74. The van der Waals surface area contributed by atoms with Crippen LogP contribution < -0.4 is 0 Å². The van der Waals surface area contributed by atoms with Gasteiger partial charge in [0.15, 0.2) is 0 Å². The molecule has 2 aliphatic rings. The molecular formula is C23H32O4. The zero-order valence-electron chi connectivity index (χ0n) is 16.4. The second kappa shape index (κ2) is 10.5. The average Bonchev–Trinajstić information content (AvgIpc) is 3.13. The van der Waals surface area contributed by atoms with Gasteiger partial charge in [-0.3, -0.25) is 4.79 Å². The van der Waals surface area contributed by atoms with E-state index in [1.54, 1.807) is 0 Å². The van der Waals surface area contributed by atoms with Crippen molar-refractivity contribution in [1.82, 2.24) is 0 Å². The molecule has 2 fully saturated rings. The van der Waals surface area contributed by atoms with E-state index in [0.717, 1.165) is 32.1 Å². The molecule has 0 amide bonds.